The van der Waals surface area contributed by atoms with Crippen molar-refractivity contribution in [2.75, 3.05) is 9.80 Å². The predicted molar refractivity (Wildman–Crippen MR) is 174 cm³/mol. The molecule has 0 spiro atoms. The van der Waals surface area contributed by atoms with Gasteiger partial charge in [-0.05, 0) is 61.4 Å². The second-order valence-corrected chi connectivity index (χ2v) is 13.4. The summed E-state index contributed by atoms with van der Waals surface area (Å²) in [5, 5.41) is 7.34. The van der Waals surface area contributed by atoms with Crippen LogP contribution in [0.2, 0.25) is 0 Å². The minimum atomic E-state index is 0.157. The minimum Gasteiger partial charge on any atom is -0.453 e. The monoisotopic (exact) mass is 596 g/mol. The molecular weight excluding hydrogens is 565 g/mol. The maximum Gasteiger partial charge on any atom is 0.151 e. The average molecular weight is 597 g/mol. The molecule has 44 heavy (non-hydrogen) atoms. The highest BCUT2D eigenvalue weighted by molar-refractivity contribution is 7.99. The SMILES string of the molecule is C1=CN2C3CC(N4c5ccccc5Sc5ccccc54)CC(N4c5ccccc5Oc5ccccc54)C3N3C=CNC3C2N1. The van der Waals surface area contributed by atoms with E-state index in [4.69, 9.17) is 4.74 Å². The smallest absolute Gasteiger partial charge is 0.151 e. The predicted octanol–water partition coefficient (Wildman–Crippen LogP) is 6.92. The Labute approximate surface area is 261 Å². The molecule has 5 aliphatic heterocycles. The molecule has 0 bridgehead atoms. The van der Waals surface area contributed by atoms with E-state index in [1.165, 1.54) is 21.2 Å². The number of nitrogens with zero attached hydrogens (tertiary/aromatic N) is 4. The van der Waals surface area contributed by atoms with E-state index in [1.807, 2.05) is 11.8 Å². The van der Waals surface area contributed by atoms with E-state index in [-0.39, 0.29) is 36.5 Å². The first-order valence-corrected chi connectivity index (χ1v) is 16.4. The van der Waals surface area contributed by atoms with Gasteiger partial charge in [-0.25, -0.2) is 0 Å². The van der Waals surface area contributed by atoms with Gasteiger partial charge in [0.2, 0.25) is 0 Å². The zero-order chi connectivity index (χ0) is 28.8. The molecule has 4 aromatic carbocycles. The summed E-state index contributed by atoms with van der Waals surface area (Å²) < 4.78 is 6.50. The number of fused-ring (bicyclic) bond motifs is 10. The van der Waals surface area contributed by atoms with Gasteiger partial charge in [-0.1, -0.05) is 60.3 Å². The number of anilines is 4. The van der Waals surface area contributed by atoms with Gasteiger partial charge in [-0.2, -0.15) is 0 Å². The third-order valence-electron chi connectivity index (χ3n) is 10.1. The normalized spacial score (nSPS) is 28.4. The number of benzene rings is 4. The van der Waals surface area contributed by atoms with Gasteiger partial charge in [0.1, 0.15) is 12.3 Å². The standard InChI is InChI=1S/C36H32N6OS/c1-5-13-30-24(9-1)42(25-10-2-6-14-31(25)43-30)29-22-23(21-28-34(29)40-20-18-38-36(40)35-37-17-19-39(28)35)41-26-11-3-7-15-32(26)44-33-16-8-4-12-27(33)41/h1-20,23,28-29,34-38H,21-22H2. The molecule has 1 saturated carbocycles. The van der Waals surface area contributed by atoms with Crippen molar-refractivity contribution in [1.82, 2.24) is 20.4 Å². The fourth-order valence-electron chi connectivity index (χ4n) is 8.49. The fraction of sp³-hybridized carbons (Fsp3) is 0.222. The van der Waals surface area contributed by atoms with Crippen molar-refractivity contribution in [2.24, 2.45) is 0 Å². The molecule has 8 heteroatoms. The van der Waals surface area contributed by atoms with E-state index in [0.717, 1.165) is 35.7 Å². The minimum absolute atomic E-state index is 0.157. The Morgan fingerprint density at radius 1 is 0.568 bits per heavy atom. The highest BCUT2D eigenvalue weighted by atomic mass is 32.2. The highest BCUT2D eigenvalue weighted by Gasteiger charge is 2.56. The Morgan fingerprint density at radius 3 is 1.75 bits per heavy atom. The molecule has 5 heterocycles. The third-order valence-corrected chi connectivity index (χ3v) is 11.3. The van der Waals surface area contributed by atoms with Crippen LogP contribution in [-0.2, 0) is 0 Å². The second kappa shape index (κ2) is 9.40. The van der Waals surface area contributed by atoms with E-state index in [9.17, 15) is 0 Å². The van der Waals surface area contributed by atoms with Crippen molar-refractivity contribution in [3.8, 4) is 11.5 Å². The van der Waals surface area contributed by atoms with E-state index in [1.54, 1.807) is 0 Å². The molecule has 4 aromatic rings. The van der Waals surface area contributed by atoms with E-state index in [0.29, 0.717) is 0 Å². The molecule has 6 atom stereocenters. The largest absolute Gasteiger partial charge is 0.453 e. The fourth-order valence-corrected chi connectivity index (χ4v) is 9.57. The molecule has 218 valence electrons. The maximum absolute atomic E-state index is 6.50. The van der Waals surface area contributed by atoms with Gasteiger partial charge in [-0.15, -0.1) is 0 Å². The van der Waals surface area contributed by atoms with Crippen molar-refractivity contribution in [2.45, 2.75) is 59.1 Å². The van der Waals surface area contributed by atoms with Crippen molar-refractivity contribution in [1.29, 1.82) is 0 Å². The number of piperazine rings is 1. The number of ether oxygens (including phenoxy) is 1. The van der Waals surface area contributed by atoms with Gasteiger partial charge in [0.05, 0.1) is 40.9 Å². The van der Waals surface area contributed by atoms with Gasteiger partial charge in [0.25, 0.3) is 0 Å². The molecule has 1 aliphatic carbocycles. The van der Waals surface area contributed by atoms with Crippen molar-refractivity contribution in [3.05, 3.63) is 122 Å². The van der Waals surface area contributed by atoms with Crippen LogP contribution in [0.3, 0.4) is 0 Å². The molecule has 2 fully saturated rings. The number of para-hydroxylation sites is 6. The zero-order valence-corrected chi connectivity index (χ0v) is 24.8. The molecule has 10 rings (SSSR count). The lowest BCUT2D eigenvalue weighted by Gasteiger charge is -2.60. The van der Waals surface area contributed by atoms with Gasteiger partial charge < -0.3 is 35.0 Å². The van der Waals surface area contributed by atoms with Crippen LogP contribution >= 0.6 is 11.8 Å². The Kier molecular flexibility index (Phi) is 5.28. The molecule has 7 nitrogen and oxygen atoms in total. The summed E-state index contributed by atoms with van der Waals surface area (Å²) in [5.74, 6) is 1.83. The van der Waals surface area contributed by atoms with Crippen LogP contribution in [0.1, 0.15) is 12.8 Å². The van der Waals surface area contributed by atoms with Crippen molar-refractivity contribution < 1.29 is 4.74 Å². The summed E-state index contributed by atoms with van der Waals surface area (Å²) in [5.41, 5.74) is 4.89. The van der Waals surface area contributed by atoms with E-state index < -0.39 is 0 Å². The molecule has 0 aromatic heterocycles. The van der Waals surface area contributed by atoms with Crippen LogP contribution in [0.5, 0.6) is 11.5 Å². The average Bonchev–Trinajstić information content (AvgIpc) is 3.76. The van der Waals surface area contributed by atoms with Gasteiger partial charge in [0.15, 0.2) is 11.5 Å². The van der Waals surface area contributed by atoms with E-state index >= 15 is 0 Å². The lowest BCUT2D eigenvalue weighted by Crippen LogP contribution is -2.75. The van der Waals surface area contributed by atoms with Crippen LogP contribution < -0.4 is 25.2 Å². The van der Waals surface area contributed by atoms with Crippen LogP contribution in [-0.4, -0.2) is 46.3 Å². The summed E-state index contributed by atoms with van der Waals surface area (Å²) in [6.45, 7) is 0. The lowest BCUT2D eigenvalue weighted by atomic mass is 9.77. The lowest BCUT2D eigenvalue weighted by molar-refractivity contribution is -0.0399. The molecule has 0 amide bonds. The summed E-state index contributed by atoms with van der Waals surface area (Å²) in [4.78, 5) is 13.1. The van der Waals surface area contributed by atoms with Gasteiger partial charge in [0, 0.05) is 40.6 Å². The first-order chi connectivity index (χ1) is 21.8. The highest BCUT2D eigenvalue weighted by Crippen LogP contribution is 2.54. The van der Waals surface area contributed by atoms with Crippen LogP contribution in [0.4, 0.5) is 22.7 Å². The number of nitrogens with one attached hydrogen (secondary N) is 2. The Hall–Kier alpha value is -4.69. The number of rotatable bonds is 2. The summed E-state index contributed by atoms with van der Waals surface area (Å²) >= 11 is 1.89. The van der Waals surface area contributed by atoms with Crippen LogP contribution in [0.15, 0.2) is 132 Å². The number of hydrogen-bond donors (Lipinski definition) is 2. The summed E-state index contributed by atoms with van der Waals surface area (Å²) in [6, 6.07) is 35.9. The summed E-state index contributed by atoms with van der Waals surface area (Å²) in [7, 11) is 0. The third kappa shape index (κ3) is 3.46. The van der Waals surface area contributed by atoms with Crippen molar-refractivity contribution in [3.63, 3.8) is 0 Å². The van der Waals surface area contributed by atoms with E-state index in [2.05, 4.69) is 152 Å². The maximum atomic E-state index is 6.50. The van der Waals surface area contributed by atoms with Crippen molar-refractivity contribution >= 4 is 34.5 Å². The number of hydrogen-bond acceptors (Lipinski definition) is 8. The zero-order valence-electron chi connectivity index (χ0n) is 24.0. The molecule has 1 saturated heterocycles. The first kappa shape index (κ1) is 24.7. The van der Waals surface area contributed by atoms with Gasteiger partial charge in [-0.3, -0.25) is 0 Å². The van der Waals surface area contributed by atoms with Crippen LogP contribution in [0, 0.1) is 0 Å². The summed E-state index contributed by atoms with van der Waals surface area (Å²) in [6.07, 6.45) is 11.2. The Morgan fingerprint density at radius 2 is 1.09 bits per heavy atom. The Bertz CT molecular complexity index is 1750. The molecule has 2 N–H and O–H groups in total. The molecule has 6 unspecified atom stereocenters. The Balaban J connectivity index is 1.17. The second-order valence-electron chi connectivity index (χ2n) is 12.3. The molecule has 6 aliphatic rings. The topological polar surface area (TPSA) is 46.3 Å². The first-order valence-electron chi connectivity index (χ1n) is 15.5. The quantitative estimate of drug-likeness (QED) is 0.259. The van der Waals surface area contributed by atoms with Gasteiger partial charge >= 0.3 is 0 Å². The molecule has 0 radical (unpaired) electrons. The van der Waals surface area contributed by atoms with Crippen LogP contribution in [0.25, 0.3) is 0 Å². The molecular formula is C36H32N6OS.